The van der Waals surface area contributed by atoms with Crippen LogP contribution >= 0.6 is 15.9 Å². The topological polar surface area (TPSA) is 38.9 Å². The molecule has 0 bridgehead atoms. The summed E-state index contributed by atoms with van der Waals surface area (Å²) in [6, 6.07) is 0.867. The minimum atomic E-state index is -0.867. The summed E-state index contributed by atoms with van der Waals surface area (Å²) in [6.07, 6.45) is 0. The highest BCUT2D eigenvalue weighted by atomic mass is 79.9. The van der Waals surface area contributed by atoms with Gasteiger partial charge in [0.1, 0.15) is 4.60 Å². The van der Waals surface area contributed by atoms with E-state index in [0.29, 0.717) is 0 Å². The smallest absolute Gasteiger partial charge is 0.237 e. The number of pyridine rings is 1. The van der Waals surface area contributed by atoms with Crippen LogP contribution < -0.4 is 5.73 Å². The Kier molecular flexibility index (Phi) is 1.85. The fraction of sp³-hybridized carbons (Fsp3) is 0. The van der Waals surface area contributed by atoms with Crippen molar-refractivity contribution in [3.8, 4) is 0 Å². The molecule has 0 aromatic carbocycles. The van der Waals surface area contributed by atoms with E-state index in [-0.39, 0.29) is 10.3 Å². The molecule has 1 heterocycles. The maximum atomic E-state index is 12.4. The number of aromatic nitrogens is 1. The van der Waals surface area contributed by atoms with Crippen molar-refractivity contribution in [3.63, 3.8) is 0 Å². The normalized spacial score (nSPS) is 9.90. The first-order valence-electron chi connectivity index (χ1n) is 2.38. The zero-order valence-electron chi connectivity index (χ0n) is 4.74. The average molecular weight is 209 g/mol. The molecule has 0 saturated heterocycles. The highest BCUT2D eigenvalue weighted by Crippen LogP contribution is 2.16. The first-order chi connectivity index (χ1) is 4.61. The summed E-state index contributed by atoms with van der Waals surface area (Å²) in [6.45, 7) is 0. The zero-order valence-corrected chi connectivity index (χ0v) is 6.32. The van der Waals surface area contributed by atoms with E-state index in [1.165, 1.54) is 0 Å². The third kappa shape index (κ3) is 1.23. The van der Waals surface area contributed by atoms with Crippen molar-refractivity contribution in [2.75, 3.05) is 5.73 Å². The van der Waals surface area contributed by atoms with Crippen LogP contribution in [0.3, 0.4) is 0 Å². The number of nitrogens with two attached hydrogens (primary N) is 1. The molecule has 0 atom stereocenters. The lowest BCUT2D eigenvalue weighted by molar-refractivity contribution is 0.557. The number of hydrogen-bond acceptors (Lipinski definition) is 2. The summed E-state index contributed by atoms with van der Waals surface area (Å²) in [5.41, 5.74) is 4.70. The summed E-state index contributed by atoms with van der Waals surface area (Å²) in [4.78, 5) is 3.12. The zero-order chi connectivity index (χ0) is 7.72. The predicted molar refractivity (Wildman–Crippen MR) is 36.3 cm³/mol. The van der Waals surface area contributed by atoms with Crippen LogP contribution in [0, 0.1) is 11.8 Å². The molecule has 1 aromatic rings. The highest BCUT2D eigenvalue weighted by molar-refractivity contribution is 9.10. The molecule has 1 rings (SSSR count). The molecule has 0 aliphatic heterocycles. The van der Waals surface area contributed by atoms with Crippen LogP contribution in [0.1, 0.15) is 0 Å². The maximum Gasteiger partial charge on any atom is 0.237 e. The molecule has 0 fully saturated rings. The Labute approximate surface area is 64.2 Å². The number of nitrogens with zero attached hydrogens (tertiary/aromatic N) is 1. The molecule has 0 saturated carbocycles. The molecule has 0 aliphatic rings. The van der Waals surface area contributed by atoms with Gasteiger partial charge in [-0.2, -0.15) is 4.39 Å². The summed E-state index contributed by atoms with van der Waals surface area (Å²) >= 11 is 2.70. The summed E-state index contributed by atoms with van der Waals surface area (Å²) in [5, 5.41) is 0. The Balaban J connectivity index is 3.28. The van der Waals surface area contributed by atoms with Gasteiger partial charge in [0, 0.05) is 6.07 Å². The van der Waals surface area contributed by atoms with Crippen LogP contribution in [-0.4, -0.2) is 4.98 Å². The minimum Gasteiger partial charge on any atom is -0.395 e. The van der Waals surface area contributed by atoms with Gasteiger partial charge in [0.15, 0.2) is 5.82 Å². The molecule has 1 aromatic heterocycles. The monoisotopic (exact) mass is 208 g/mol. The Morgan fingerprint density at radius 1 is 1.50 bits per heavy atom. The number of rotatable bonds is 0. The van der Waals surface area contributed by atoms with Crippen molar-refractivity contribution in [2.45, 2.75) is 0 Å². The minimum absolute atomic E-state index is 0.167. The fourth-order valence-corrected chi connectivity index (χ4v) is 0.730. The molecular weight excluding hydrogens is 206 g/mol. The van der Waals surface area contributed by atoms with Crippen molar-refractivity contribution in [1.29, 1.82) is 0 Å². The number of hydrogen-bond donors (Lipinski definition) is 1. The van der Waals surface area contributed by atoms with E-state index >= 15 is 0 Å². The van der Waals surface area contributed by atoms with E-state index in [0.717, 1.165) is 6.07 Å². The van der Waals surface area contributed by atoms with Crippen LogP contribution in [-0.2, 0) is 0 Å². The van der Waals surface area contributed by atoms with E-state index in [1.54, 1.807) is 0 Å². The lowest BCUT2D eigenvalue weighted by atomic mass is 10.4. The van der Waals surface area contributed by atoms with Crippen molar-refractivity contribution >= 4 is 21.6 Å². The van der Waals surface area contributed by atoms with Crippen molar-refractivity contribution in [3.05, 3.63) is 22.4 Å². The van der Waals surface area contributed by atoms with Gasteiger partial charge >= 0.3 is 0 Å². The van der Waals surface area contributed by atoms with Gasteiger partial charge in [-0.25, -0.2) is 9.37 Å². The van der Waals surface area contributed by atoms with E-state index in [9.17, 15) is 8.78 Å². The third-order valence-corrected chi connectivity index (χ3v) is 1.47. The van der Waals surface area contributed by atoms with Crippen molar-refractivity contribution < 1.29 is 8.78 Å². The van der Waals surface area contributed by atoms with Gasteiger partial charge in [0.05, 0.1) is 5.69 Å². The number of halogens is 3. The molecule has 0 unspecified atom stereocenters. The maximum absolute atomic E-state index is 12.4. The first kappa shape index (κ1) is 7.40. The van der Waals surface area contributed by atoms with Crippen LogP contribution in [0.5, 0.6) is 0 Å². The lowest BCUT2D eigenvalue weighted by Crippen LogP contribution is -1.96. The number of nitrogen functional groups attached to an aromatic ring is 1. The molecule has 0 radical (unpaired) electrons. The molecule has 2 nitrogen and oxygen atoms in total. The molecule has 2 N–H and O–H groups in total. The van der Waals surface area contributed by atoms with Crippen LogP contribution in [0.4, 0.5) is 14.5 Å². The van der Waals surface area contributed by atoms with E-state index < -0.39 is 11.8 Å². The third-order valence-electron chi connectivity index (χ3n) is 0.914. The van der Waals surface area contributed by atoms with Gasteiger partial charge < -0.3 is 5.73 Å². The molecule has 54 valence electrons. The Morgan fingerprint density at radius 3 is 2.60 bits per heavy atom. The quantitative estimate of drug-likeness (QED) is 0.660. The number of anilines is 1. The predicted octanol–water partition coefficient (Wildman–Crippen LogP) is 1.70. The fourth-order valence-electron chi connectivity index (χ4n) is 0.460. The molecule has 5 heteroatoms. The van der Waals surface area contributed by atoms with Gasteiger partial charge in [0.2, 0.25) is 5.95 Å². The van der Waals surface area contributed by atoms with Gasteiger partial charge in [0.25, 0.3) is 0 Å². The van der Waals surface area contributed by atoms with Gasteiger partial charge in [-0.15, -0.1) is 0 Å². The Hall–Kier alpha value is -0.710. The largest absolute Gasteiger partial charge is 0.395 e. The van der Waals surface area contributed by atoms with Gasteiger partial charge in [-0.3, -0.25) is 0 Å². The second-order valence-corrected chi connectivity index (χ2v) is 2.39. The van der Waals surface area contributed by atoms with E-state index in [2.05, 4.69) is 20.9 Å². The molecule has 0 spiro atoms. The highest BCUT2D eigenvalue weighted by Gasteiger charge is 2.05. The lowest BCUT2D eigenvalue weighted by Gasteiger charge is -1.95. The second-order valence-electron chi connectivity index (χ2n) is 1.64. The van der Waals surface area contributed by atoms with E-state index in [1.807, 2.05) is 0 Å². The Morgan fingerprint density at radius 2 is 2.10 bits per heavy atom. The second kappa shape index (κ2) is 2.49. The SMILES string of the molecule is Nc1cc(F)c(Br)nc1F. The van der Waals surface area contributed by atoms with Crippen molar-refractivity contribution in [1.82, 2.24) is 4.98 Å². The van der Waals surface area contributed by atoms with Crippen molar-refractivity contribution in [2.24, 2.45) is 0 Å². The van der Waals surface area contributed by atoms with Gasteiger partial charge in [-0.05, 0) is 15.9 Å². The van der Waals surface area contributed by atoms with Gasteiger partial charge in [-0.1, -0.05) is 0 Å². The van der Waals surface area contributed by atoms with Crippen LogP contribution in [0.25, 0.3) is 0 Å². The summed E-state index contributed by atoms with van der Waals surface area (Å²) < 4.78 is 24.6. The van der Waals surface area contributed by atoms with Crippen LogP contribution in [0.2, 0.25) is 0 Å². The molecule has 0 aliphatic carbocycles. The average Bonchev–Trinajstić information content (AvgIpc) is 1.84. The molecule has 0 amide bonds. The van der Waals surface area contributed by atoms with E-state index in [4.69, 9.17) is 5.73 Å². The first-order valence-corrected chi connectivity index (χ1v) is 3.17. The summed E-state index contributed by atoms with van der Waals surface area (Å²) in [7, 11) is 0. The Bertz CT molecular complexity index is 214. The molecular formula is C5H3BrF2N2. The summed E-state index contributed by atoms with van der Waals surface area (Å²) in [5.74, 6) is -1.54. The standard InChI is InChI=1S/C5H3BrF2N2/c6-4-2(7)1-3(9)5(8)10-4/h1H,9H2. The molecule has 10 heavy (non-hydrogen) atoms. The van der Waals surface area contributed by atoms with Crippen LogP contribution in [0.15, 0.2) is 10.7 Å².